The number of rotatable bonds is 2. The quantitative estimate of drug-likeness (QED) is 0.913. The highest BCUT2D eigenvalue weighted by Gasteiger charge is 2.26. The number of hydrogen-bond acceptors (Lipinski definition) is 6. The lowest BCUT2D eigenvalue weighted by Crippen LogP contribution is -2.26. The van der Waals surface area contributed by atoms with E-state index in [1.807, 2.05) is 0 Å². The van der Waals surface area contributed by atoms with E-state index in [9.17, 15) is 4.79 Å². The van der Waals surface area contributed by atoms with Crippen molar-refractivity contribution in [1.82, 2.24) is 4.98 Å². The van der Waals surface area contributed by atoms with Gasteiger partial charge in [-0.2, -0.15) is 0 Å². The molecular weight excluding hydrogens is 304 g/mol. The van der Waals surface area contributed by atoms with Crippen LogP contribution in [0.25, 0.3) is 10.2 Å². The molecule has 0 saturated carbocycles. The summed E-state index contributed by atoms with van der Waals surface area (Å²) in [5.41, 5.74) is 8.99. The van der Waals surface area contributed by atoms with Gasteiger partial charge in [0, 0.05) is 25.0 Å². The number of thiazole rings is 1. The van der Waals surface area contributed by atoms with Crippen molar-refractivity contribution in [3.05, 3.63) is 22.7 Å². The number of thioether (sulfide) groups is 1. The number of hydrogen-bond donors (Lipinski definition) is 1. The summed E-state index contributed by atoms with van der Waals surface area (Å²) < 4.78 is 1.17. The zero-order valence-electron chi connectivity index (χ0n) is 11.5. The molecule has 0 bridgehead atoms. The van der Waals surface area contributed by atoms with Gasteiger partial charge in [0.2, 0.25) is 5.91 Å². The number of likely N-dealkylation sites (N-methyl/N-ethyl adjacent to an activating group) is 1. The SMILES string of the molecule is CN1CCc2cc3nc(C4=N[C@@H](C(N)=O)CS4)sc3cc21. The standard InChI is InChI=1S/C14H14N4OS2/c1-18-3-2-7-4-8-11(5-10(7)18)21-14(16-8)13-17-9(6-20-13)12(15)19/h4-5,9H,2-3,6H2,1H3,(H2,15,19)/t9-/m1/s1. The second-order valence-electron chi connectivity index (χ2n) is 5.30. The number of primary amides is 1. The van der Waals surface area contributed by atoms with Gasteiger partial charge in [-0.05, 0) is 24.1 Å². The molecule has 108 valence electrons. The first kappa shape index (κ1) is 13.1. The summed E-state index contributed by atoms with van der Waals surface area (Å²) in [5, 5.41) is 1.73. The number of anilines is 1. The number of amides is 1. The molecule has 0 fully saturated rings. The Morgan fingerprint density at radius 3 is 3.10 bits per heavy atom. The monoisotopic (exact) mass is 318 g/mol. The number of nitrogens with zero attached hydrogens (tertiary/aromatic N) is 3. The highest BCUT2D eigenvalue weighted by Crippen LogP contribution is 2.35. The summed E-state index contributed by atoms with van der Waals surface area (Å²) in [5.74, 6) is 0.263. The maximum absolute atomic E-state index is 11.2. The van der Waals surface area contributed by atoms with E-state index in [1.54, 1.807) is 23.1 Å². The van der Waals surface area contributed by atoms with Gasteiger partial charge in [0.25, 0.3) is 0 Å². The van der Waals surface area contributed by atoms with Crippen LogP contribution in [0.5, 0.6) is 0 Å². The normalized spacial score (nSPS) is 20.9. The molecule has 1 aromatic heterocycles. The lowest BCUT2D eigenvalue weighted by atomic mass is 10.1. The van der Waals surface area contributed by atoms with E-state index < -0.39 is 6.04 Å². The number of aromatic nitrogens is 1. The average molecular weight is 318 g/mol. The van der Waals surface area contributed by atoms with E-state index in [-0.39, 0.29) is 5.91 Å². The van der Waals surface area contributed by atoms with Gasteiger partial charge in [0.1, 0.15) is 16.1 Å². The van der Waals surface area contributed by atoms with Gasteiger partial charge in [-0.15, -0.1) is 23.1 Å². The first-order valence-corrected chi connectivity index (χ1v) is 8.57. The molecule has 2 N–H and O–H groups in total. The number of benzene rings is 1. The second kappa shape index (κ2) is 4.71. The summed E-state index contributed by atoms with van der Waals surface area (Å²) in [6.45, 7) is 1.07. The maximum atomic E-state index is 11.2. The number of carbonyl (C=O) groups excluding carboxylic acids is 1. The van der Waals surface area contributed by atoms with E-state index >= 15 is 0 Å². The molecule has 0 spiro atoms. The molecule has 4 rings (SSSR count). The minimum absolute atomic E-state index is 0.362. The molecule has 0 aliphatic carbocycles. The highest BCUT2D eigenvalue weighted by atomic mass is 32.2. The van der Waals surface area contributed by atoms with Crippen molar-refractivity contribution >= 4 is 50.0 Å². The zero-order valence-corrected chi connectivity index (χ0v) is 13.1. The van der Waals surface area contributed by atoms with Crippen molar-refractivity contribution in [3.63, 3.8) is 0 Å². The predicted octanol–water partition coefficient (Wildman–Crippen LogP) is 1.64. The zero-order chi connectivity index (χ0) is 14.6. The van der Waals surface area contributed by atoms with Gasteiger partial charge in [-0.3, -0.25) is 9.79 Å². The number of nitrogens with two attached hydrogens (primary N) is 1. The third kappa shape index (κ3) is 2.11. The van der Waals surface area contributed by atoms with Crippen LogP contribution >= 0.6 is 23.1 Å². The van der Waals surface area contributed by atoms with Crippen LogP contribution in [-0.2, 0) is 11.2 Å². The van der Waals surface area contributed by atoms with Crippen LogP contribution in [0.4, 0.5) is 5.69 Å². The number of carbonyl (C=O) groups is 1. The van der Waals surface area contributed by atoms with Crippen molar-refractivity contribution in [2.24, 2.45) is 10.7 Å². The van der Waals surface area contributed by atoms with Crippen molar-refractivity contribution in [2.75, 3.05) is 24.2 Å². The lowest BCUT2D eigenvalue weighted by Gasteiger charge is -2.10. The van der Waals surface area contributed by atoms with Gasteiger partial charge in [0.15, 0.2) is 0 Å². The summed E-state index contributed by atoms with van der Waals surface area (Å²) in [4.78, 5) is 22.6. The van der Waals surface area contributed by atoms with E-state index in [4.69, 9.17) is 5.73 Å². The largest absolute Gasteiger partial charge is 0.374 e. The minimum Gasteiger partial charge on any atom is -0.374 e. The van der Waals surface area contributed by atoms with Crippen molar-refractivity contribution < 1.29 is 4.79 Å². The topological polar surface area (TPSA) is 71.6 Å². The van der Waals surface area contributed by atoms with Crippen molar-refractivity contribution in [3.8, 4) is 0 Å². The van der Waals surface area contributed by atoms with Crippen LogP contribution in [0.2, 0.25) is 0 Å². The fourth-order valence-corrected chi connectivity index (χ4v) is 4.80. The molecule has 2 aromatic rings. The Hall–Kier alpha value is -1.60. The van der Waals surface area contributed by atoms with E-state index in [0.717, 1.165) is 28.5 Å². The molecule has 0 unspecified atom stereocenters. The molecule has 1 aromatic carbocycles. The van der Waals surface area contributed by atoms with Crippen LogP contribution < -0.4 is 10.6 Å². The first-order valence-electron chi connectivity index (χ1n) is 6.77. The Labute approximate surface area is 130 Å². The highest BCUT2D eigenvalue weighted by molar-refractivity contribution is 8.15. The van der Waals surface area contributed by atoms with Gasteiger partial charge in [0.05, 0.1) is 10.2 Å². The summed E-state index contributed by atoms with van der Waals surface area (Å²) >= 11 is 3.20. The molecule has 2 aliphatic heterocycles. The van der Waals surface area contributed by atoms with Crippen molar-refractivity contribution in [1.29, 1.82) is 0 Å². The molecule has 1 atom stereocenters. The Morgan fingerprint density at radius 1 is 1.48 bits per heavy atom. The molecular formula is C14H14N4OS2. The molecule has 7 heteroatoms. The maximum Gasteiger partial charge on any atom is 0.243 e. The predicted molar refractivity (Wildman–Crippen MR) is 88.6 cm³/mol. The molecule has 3 heterocycles. The van der Waals surface area contributed by atoms with Gasteiger partial charge >= 0.3 is 0 Å². The smallest absolute Gasteiger partial charge is 0.243 e. The van der Waals surface area contributed by atoms with E-state index in [0.29, 0.717) is 5.75 Å². The Bertz CT molecular complexity index is 783. The van der Waals surface area contributed by atoms with Crippen LogP contribution in [0.15, 0.2) is 17.1 Å². The van der Waals surface area contributed by atoms with E-state index in [2.05, 4.69) is 34.1 Å². The van der Waals surface area contributed by atoms with E-state index in [1.165, 1.54) is 16.0 Å². The van der Waals surface area contributed by atoms with Crippen LogP contribution in [0.1, 0.15) is 10.6 Å². The molecule has 1 amide bonds. The van der Waals surface area contributed by atoms with Gasteiger partial charge in [-0.25, -0.2) is 4.98 Å². The van der Waals surface area contributed by atoms with Crippen LogP contribution in [0, 0.1) is 0 Å². The average Bonchev–Trinajstić information content (AvgIpc) is 3.14. The minimum atomic E-state index is -0.409. The number of fused-ring (bicyclic) bond motifs is 2. The van der Waals surface area contributed by atoms with Gasteiger partial charge in [-0.1, -0.05) is 0 Å². The molecule has 5 nitrogen and oxygen atoms in total. The van der Waals surface area contributed by atoms with Crippen LogP contribution in [-0.4, -0.2) is 41.3 Å². The molecule has 0 saturated heterocycles. The van der Waals surface area contributed by atoms with Crippen molar-refractivity contribution in [2.45, 2.75) is 12.5 Å². The van der Waals surface area contributed by atoms with Gasteiger partial charge < -0.3 is 10.6 Å². The fraction of sp³-hybridized carbons (Fsp3) is 0.357. The first-order chi connectivity index (χ1) is 10.1. The Balaban J connectivity index is 1.75. The van der Waals surface area contributed by atoms with Crippen LogP contribution in [0.3, 0.4) is 0 Å². The molecule has 21 heavy (non-hydrogen) atoms. The molecule has 2 aliphatic rings. The number of aliphatic imine (C=N–C) groups is 1. The fourth-order valence-electron chi connectivity index (χ4n) is 2.70. The third-order valence-electron chi connectivity index (χ3n) is 3.88. The Kier molecular flexibility index (Phi) is 2.93. The Morgan fingerprint density at radius 2 is 2.33 bits per heavy atom. The third-order valence-corrected chi connectivity index (χ3v) is 6.09. The summed E-state index contributed by atoms with van der Waals surface area (Å²) in [6.07, 6.45) is 1.08. The lowest BCUT2D eigenvalue weighted by molar-refractivity contribution is -0.118. The molecule has 0 radical (unpaired) electrons. The summed E-state index contributed by atoms with van der Waals surface area (Å²) in [7, 11) is 2.12. The summed E-state index contributed by atoms with van der Waals surface area (Å²) in [6, 6.07) is 3.98. The second-order valence-corrected chi connectivity index (χ2v) is 7.34.